The Balaban J connectivity index is 1.99. The van der Waals surface area contributed by atoms with Gasteiger partial charge in [-0.05, 0) is 31.5 Å². The number of benzene rings is 1. The van der Waals surface area contributed by atoms with Crippen molar-refractivity contribution in [2.45, 2.75) is 18.9 Å². The van der Waals surface area contributed by atoms with Crippen molar-refractivity contribution in [2.24, 2.45) is 0 Å². The van der Waals surface area contributed by atoms with Crippen LogP contribution in [0.2, 0.25) is 5.02 Å². The fourth-order valence-corrected chi connectivity index (χ4v) is 1.82. The third kappa shape index (κ3) is 2.40. The molecule has 1 heterocycles. The Labute approximate surface area is 89.2 Å². The summed E-state index contributed by atoms with van der Waals surface area (Å²) in [4.78, 5) is 0. The number of hydrogen-bond donors (Lipinski definition) is 1. The number of hydrogen-bond acceptors (Lipinski definition) is 2. The van der Waals surface area contributed by atoms with Gasteiger partial charge in [-0.1, -0.05) is 23.7 Å². The molecule has 3 heteroatoms. The SMILES string of the molecule is Clc1ccccc1O[C@H]1CCCNC1. The summed E-state index contributed by atoms with van der Waals surface area (Å²) in [6.07, 6.45) is 2.55. The van der Waals surface area contributed by atoms with E-state index in [4.69, 9.17) is 16.3 Å². The molecule has 2 rings (SSSR count). The smallest absolute Gasteiger partial charge is 0.138 e. The first-order valence-corrected chi connectivity index (χ1v) is 5.36. The monoisotopic (exact) mass is 211 g/mol. The molecule has 1 aliphatic rings. The minimum atomic E-state index is 0.267. The molecule has 0 radical (unpaired) electrons. The fraction of sp³-hybridized carbons (Fsp3) is 0.455. The van der Waals surface area contributed by atoms with Crippen LogP contribution in [0.3, 0.4) is 0 Å². The first-order valence-electron chi connectivity index (χ1n) is 4.98. The topological polar surface area (TPSA) is 21.3 Å². The molecule has 0 saturated carbocycles. The Hall–Kier alpha value is -0.730. The highest BCUT2D eigenvalue weighted by molar-refractivity contribution is 6.32. The lowest BCUT2D eigenvalue weighted by Gasteiger charge is -2.24. The molecule has 1 aromatic rings. The highest BCUT2D eigenvalue weighted by atomic mass is 35.5. The minimum Gasteiger partial charge on any atom is -0.488 e. The normalized spacial score (nSPS) is 21.9. The molecule has 2 nitrogen and oxygen atoms in total. The van der Waals surface area contributed by atoms with Crippen molar-refractivity contribution >= 4 is 11.6 Å². The molecular weight excluding hydrogens is 198 g/mol. The van der Waals surface area contributed by atoms with Crippen molar-refractivity contribution in [3.63, 3.8) is 0 Å². The molecule has 0 amide bonds. The zero-order chi connectivity index (χ0) is 9.80. The third-order valence-corrected chi connectivity index (χ3v) is 2.69. The van der Waals surface area contributed by atoms with Crippen LogP contribution in [0.4, 0.5) is 0 Å². The number of para-hydroxylation sites is 1. The van der Waals surface area contributed by atoms with Gasteiger partial charge in [0.25, 0.3) is 0 Å². The highest BCUT2D eigenvalue weighted by Gasteiger charge is 2.15. The molecular formula is C11H14ClNO. The van der Waals surface area contributed by atoms with Crippen LogP contribution in [0.15, 0.2) is 24.3 Å². The summed E-state index contributed by atoms with van der Waals surface area (Å²) in [7, 11) is 0. The van der Waals surface area contributed by atoms with Crippen molar-refractivity contribution in [3.05, 3.63) is 29.3 Å². The van der Waals surface area contributed by atoms with E-state index in [9.17, 15) is 0 Å². The summed E-state index contributed by atoms with van der Waals surface area (Å²) in [5, 5.41) is 4.00. The molecule has 1 saturated heterocycles. The Bertz CT molecular complexity index is 297. The van der Waals surface area contributed by atoms with E-state index in [-0.39, 0.29) is 6.10 Å². The number of nitrogens with one attached hydrogen (secondary N) is 1. The summed E-state index contributed by atoms with van der Waals surface area (Å²) in [6, 6.07) is 7.62. The largest absolute Gasteiger partial charge is 0.488 e. The molecule has 1 aromatic carbocycles. The summed E-state index contributed by atoms with van der Waals surface area (Å²) in [6.45, 7) is 2.02. The van der Waals surface area contributed by atoms with Crippen LogP contribution < -0.4 is 10.1 Å². The van der Waals surface area contributed by atoms with E-state index in [2.05, 4.69) is 5.32 Å². The molecule has 0 aliphatic carbocycles. The van der Waals surface area contributed by atoms with Crippen molar-refractivity contribution in [1.29, 1.82) is 0 Å². The predicted molar refractivity (Wildman–Crippen MR) is 58.0 cm³/mol. The van der Waals surface area contributed by atoms with Crippen LogP contribution in [0, 0.1) is 0 Å². The minimum absolute atomic E-state index is 0.267. The predicted octanol–water partition coefficient (Wildman–Crippen LogP) is 2.47. The van der Waals surface area contributed by atoms with E-state index >= 15 is 0 Å². The molecule has 14 heavy (non-hydrogen) atoms. The molecule has 1 fully saturated rings. The summed E-state index contributed by atoms with van der Waals surface area (Å²) >= 11 is 6.00. The van der Waals surface area contributed by atoms with Crippen molar-refractivity contribution in [2.75, 3.05) is 13.1 Å². The van der Waals surface area contributed by atoms with E-state index in [1.54, 1.807) is 0 Å². The summed E-state index contributed by atoms with van der Waals surface area (Å²) < 4.78 is 5.79. The van der Waals surface area contributed by atoms with Gasteiger partial charge in [0.05, 0.1) is 5.02 Å². The van der Waals surface area contributed by atoms with Crippen molar-refractivity contribution < 1.29 is 4.74 Å². The second-order valence-electron chi connectivity index (χ2n) is 3.52. The van der Waals surface area contributed by atoms with E-state index < -0.39 is 0 Å². The van der Waals surface area contributed by atoms with Crippen LogP contribution in [0.5, 0.6) is 5.75 Å². The fourth-order valence-electron chi connectivity index (χ4n) is 1.64. The van der Waals surface area contributed by atoms with Crippen molar-refractivity contribution in [1.82, 2.24) is 5.32 Å². The van der Waals surface area contributed by atoms with Crippen LogP contribution in [0.25, 0.3) is 0 Å². The molecule has 76 valence electrons. The van der Waals surface area contributed by atoms with E-state index in [0.717, 1.165) is 25.3 Å². The first-order chi connectivity index (χ1) is 6.86. The zero-order valence-corrected chi connectivity index (χ0v) is 8.76. The lowest BCUT2D eigenvalue weighted by atomic mass is 10.1. The van der Waals surface area contributed by atoms with E-state index in [0.29, 0.717) is 5.02 Å². The van der Waals surface area contributed by atoms with Gasteiger partial charge in [0.2, 0.25) is 0 Å². The zero-order valence-electron chi connectivity index (χ0n) is 8.00. The molecule has 0 spiro atoms. The summed E-state index contributed by atoms with van der Waals surface area (Å²) in [5.41, 5.74) is 0. The standard InChI is InChI=1S/C11H14ClNO/c12-10-5-1-2-6-11(10)14-9-4-3-7-13-8-9/h1-2,5-6,9,13H,3-4,7-8H2/t9-/m0/s1. The lowest BCUT2D eigenvalue weighted by Crippen LogP contribution is -2.37. The van der Waals surface area contributed by atoms with Gasteiger partial charge in [-0.2, -0.15) is 0 Å². The first kappa shape index (κ1) is 9.81. The lowest BCUT2D eigenvalue weighted by molar-refractivity contribution is 0.167. The average Bonchev–Trinajstić information content (AvgIpc) is 2.23. The second kappa shape index (κ2) is 4.67. The van der Waals surface area contributed by atoms with Gasteiger partial charge in [0.1, 0.15) is 11.9 Å². The van der Waals surface area contributed by atoms with Crippen molar-refractivity contribution in [3.8, 4) is 5.75 Å². The summed E-state index contributed by atoms with van der Waals surface area (Å²) in [5.74, 6) is 0.794. The Morgan fingerprint density at radius 3 is 2.93 bits per heavy atom. The molecule has 0 unspecified atom stereocenters. The van der Waals surface area contributed by atoms with Gasteiger partial charge in [-0.3, -0.25) is 0 Å². The Kier molecular flexibility index (Phi) is 3.27. The Morgan fingerprint density at radius 1 is 1.36 bits per heavy atom. The van der Waals surface area contributed by atoms with Gasteiger partial charge < -0.3 is 10.1 Å². The van der Waals surface area contributed by atoms with Gasteiger partial charge in [0, 0.05) is 6.54 Å². The highest BCUT2D eigenvalue weighted by Crippen LogP contribution is 2.25. The van der Waals surface area contributed by atoms with Crippen LogP contribution >= 0.6 is 11.6 Å². The second-order valence-corrected chi connectivity index (χ2v) is 3.92. The van der Waals surface area contributed by atoms with Gasteiger partial charge >= 0.3 is 0 Å². The number of piperidine rings is 1. The number of rotatable bonds is 2. The van der Waals surface area contributed by atoms with Crippen LogP contribution in [-0.2, 0) is 0 Å². The molecule has 1 atom stereocenters. The maximum atomic E-state index is 6.00. The average molecular weight is 212 g/mol. The quantitative estimate of drug-likeness (QED) is 0.812. The maximum absolute atomic E-state index is 6.00. The molecule has 0 aromatic heterocycles. The van der Waals surface area contributed by atoms with E-state index in [1.807, 2.05) is 24.3 Å². The van der Waals surface area contributed by atoms with Gasteiger partial charge in [0.15, 0.2) is 0 Å². The van der Waals surface area contributed by atoms with Crippen LogP contribution in [-0.4, -0.2) is 19.2 Å². The van der Waals surface area contributed by atoms with Gasteiger partial charge in [-0.15, -0.1) is 0 Å². The molecule has 0 bridgehead atoms. The molecule has 1 aliphatic heterocycles. The molecule has 1 N–H and O–H groups in total. The number of halogens is 1. The Morgan fingerprint density at radius 2 is 2.21 bits per heavy atom. The third-order valence-electron chi connectivity index (χ3n) is 2.38. The maximum Gasteiger partial charge on any atom is 0.138 e. The number of ether oxygens (including phenoxy) is 1. The van der Waals surface area contributed by atoms with Crippen LogP contribution in [0.1, 0.15) is 12.8 Å². The van der Waals surface area contributed by atoms with Gasteiger partial charge in [-0.25, -0.2) is 0 Å². The van der Waals surface area contributed by atoms with E-state index in [1.165, 1.54) is 6.42 Å².